The van der Waals surface area contributed by atoms with Gasteiger partial charge in [-0.25, -0.2) is 19.6 Å². The van der Waals surface area contributed by atoms with Gasteiger partial charge in [-0.2, -0.15) is 0 Å². The van der Waals surface area contributed by atoms with E-state index in [-0.39, 0.29) is 41.7 Å². The predicted octanol–water partition coefficient (Wildman–Crippen LogP) is 9.92. The molecule has 0 aliphatic carbocycles. The van der Waals surface area contributed by atoms with E-state index in [9.17, 15) is 19.2 Å². The third-order valence-corrected chi connectivity index (χ3v) is 15.3. The first kappa shape index (κ1) is 47.4. The molecule has 3 unspecified atom stereocenters. The number of H-pyrrole nitrogens is 2. The summed E-state index contributed by atoms with van der Waals surface area (Å²) in [6.07, 6.45) is 6.16. The second-order valence-electron chi connectivity index (χ2n) is 20.3. The Morgan fingerprint density at radius 1 is 0.606 bits per heavy atom. The lowest BCUT2D eigenvalue weighted by Gasteiger charge is -2.30. The van der Waals surface area contributed by atoms with E-state index in [4.69, 9.17) is 19.4 Å². The number of hydrogen-bond acceptors (Lipinski definition) is 9. The number of benzene rings is 4. The van der Waals surface area contributed by atoms with Gasteiger partial charge in [0, 0.05) is 25.2 Å². The number of hydrogen-bond donors (Lipinski definition) is 4. The molecule has 2 aromatic heterocycles. The van der Waals surface area contributed by atoms with Crippen molar-refractivity contribution in [3.8, 4) is 44.8 Å². The highest BCUT2D eigenvalue weighted by Crippen LogP contribution is 2.57. The van der Waals surface area contributed by atoms with Crippen LogP contribution < -0.4 is 10.6 Å². The molecule has 4 N–H and O–H groups in total. The molecule has 0 radical (unpaired) electrons. The van der Waals surface area contributed by atoms with Gasteiger partial charge in [-0.05, 0) is 101 Å². The Labute approximate surface area is 414 Å². The first-order chi connectivity index (χ1) is 34.3. The normalized spacial score (nSPS) is 22.4. The van der Waals surface area contributed by atoms with Crippen molar-refractivity contribution in [2.45, 2.75) is 89.6 Å². The Morgan fingerprint density at radius 2 is 1.06 bits per heavy atom. The fraction of sp³-hybridized carbons (Fsp3) is 0.393. The quantitative estimate of drug-likeness (QED) is 0.0930. The molecular weight excluding hydrogens is 895 g/mol. The van der Waals surface area contributed by atoms with Gasteiger partial charge in [0.2, 0.25) is 5.91 Å². The maximum atomic E-state index is 14.2. The number of carbonyl (C=O) groups is 4. The molecule has 4 aliphatic rings. The summed E-state index contributed by atoms with van der Waals surface area (Å²) in [5.41, 5.74) is 12.1. The molecule has 2 bridgehead atoms. The van der Waals surface area contributed by atoms with Crippen LogP contribution in [0.4, 0.5) is 9.59 Å². The van der Waals surface area contributed by atoms with Crippen LogP contribution in [0.3, 0.4) is 0 Å². The smallest absolute Gasteiger partial charge is 0.407 e. The number of carbonyl (C=O) groups excluding carboxylic acids is 4. The summed E-state index contributed by atoms with van der Waals surface area (Å²) < 4.78 is 9.72. The van der Waals surface area contributed by atoms with Crippen LogP contribution in [-0.4, -0.2) is 99.0 Å². The fourth-order valence-corrected chi connectivity index (χ4v) is 11.7. The Bertz CT molecular complexity index is 2930. The van der Waals surface area contributed by atoms with Crippen LogP contribution in [0.15, 0.2) is 103 Å². The predicted molar refractivity (Wildman–Crippen MR) is 270 cm³/mol. The summed E-state index contributed by atoms with van der Waals surface area (Å²) in [7, 11) is 4.85. The summed E-state index contributed by atoms with van der Waals surface area (Å²) in [6, 6.07) is 29.8. The number of imidazole rings is 2. The number of ether oxygens (including phenoxy) is 2. The van der Waals surface area contributed by atoms with E-state index in [2.05, 4.69) is 107 Å². The lowest BCUT2D eigenvalue weighted by atomic mass is 9.81. The summed E-state index contributed by atoms with van der Waals surface area (Å²) in [5.74, 6) is 1.52. The van der Waals surface area contributed by atoms with Gasteiger partial charge in [-0.15, -0.1) is 0 Å². The molecule has 3 fully saturated rings. The third kappa shape index (κ3) is 8.96. The number of rotatable bonds is 12. The first-order valence-corrected chi connectivity index (χ1v) is 24.9. The van der Waals surface area contributed by atoms with E-state index in [1.807, 2.05) is 66.4 Å². The van der Waals surface area contributed by atoms with E-state index in [1.165, 1.54) is 36.5 Å². The average Bonchev–Trinajstić information content (AvgIpc) is 4.28. The number of amides is 4. The minimum absolute atomic E-state index is 0.117. The van der Waals surface area contributed by atoms with Crippen molar-refractivity contribution in [2.24, 2.45) is 17.8 Å². The van der Waals surface area contributed by atoms with Crippen LogP contribution in [0, 0.1) is 17.8 Å². The number of alkyl carbamates (subject to hydrolysis) is 2. The molecule has 0 saturated carbocycles. The summed E-state index contributed by atoms with van der Waals surface area (Å²) in [6.45, 7) is 9.23. The first-order valence-electron chi connectivity index (χ1n) is 24.9. The molecular formula is C56H63N9O6. The maximum Gasteiger partial charge on any atom is 0.407 e. The van der Waals surface area contributed by atoms with Crippen LogP contribution >= 0.6 is 0 Å². The highest BCUT2D eigenvalue weighted by atomic mass is 16.5. The van der Waals surface area contributed by atoms with E-state index < -0.39 is 24.3 Å². The Kier molecular flexibility index (Phi) is 13.0. The van der Waals surface area contributed by atoms with Crippen molar-refractivity contribution >= 4 is 24.0 Å². The number of fused-ring (bicyclic) bond motifs is 5. The van der Waals surface area contributed by atoms with Crippen molar-refractivity contribution in [3.05, 3.63) is 132 Å². The largest absolute Gasteiger partial charge is 0.453 e. The van der Waals surface area contributed by atoms with Gasteiger partial charge in [0.15, 0.2) is 0 Å². The van der Waals surface area contributed by atoms with Crippen molar-refractivity contribution in [1.29, 1.82) is 0 Å². The Balaban J connectivity index is 0.870. The van der Waals surface area contributed by atoms with Crippen LogP contribution in [-0.2, 0) is 19.1 Å². The molecule has 8 atom stereocenters. The zero-order valence-corrected chi connectivity index (χ0v) is 41.4. The lowest BCUT2D eigenvalue weighted by molar-refractivity contribution is -0.136. The van der Waals surface area contributed by atoms with Crippen molar-refractivity contribution in [3.63, 3.8) is 0 Å². The van der Waals surface area contributed by atoms with Gasteiger partial charge >= 0.3 is 12.2 Å². The topological polar surface area (TPSA) is 178 Å². The molecule has 0 spiro atoms. The minimum atomic E-state index is -0.893. The average molecular weight is 958 g/mol. The van der Waals surface area contributed by atoms with Crippen LogP contribution in [0.1, 0.15) is 112 Å². The zero-order chi connectivity index (χ0) is 49.7. The minimum Gasteiger partial charge on any atom is -0.453 e. The lowest BCUT2D eigenvalue weighted by Crippen LogP contribution is -2.51. The molecule has 4 amide bonds. The van der Waals surface area contributed by atoms with E-state index in [1.54, 1.807) is 0 Å². The second-order valence-corrected chi connectivity index (χ2v) is 20.3. The van der Waals surface area contributed by atoms with Gasteiger partial charge in [0.05, 0.1) is 50.1 Å². The molecule has 15 nitrogen and oxygen atoms in total. The number of methoxy groups -OCH3 is 2. The highest BCUT2D eigenvalue weighted by Gasteiger charge is 2.45. The molecule has 3 saturated heterocycles. The molecule has 4 aromatic carbocycles. The van der Waals surface area contributed by atoms with E-state index >= 15 is 0 Å². The molecule has 368 valence electrons. The van der Waals surface area contributed by atoms with E-state index in [0.717, 1.165) is 65.1 Å². The molecule has 71 heavy (non-hydrogen) atoms. The Morgan fingerprint density at radius 3 is 1.52 bits per heavy atom. The zero-order valence-electron chi connectivity index (χ0n) is 41.4. The standard InChI is InChI=1S/C56H63N9O6/c1-31(2)49(61-55(68)70-6)53(66)64-29-32(3)25-45(64)51-57-27-41(59-51)36-17-13-34(14-18-36)39-21-22-40(48-44-24-23-43(47(39)48)63(44)5)35-15-19-37(20-16-35)42-28-58-52(60-42)46-26-33(4)30-65(46)54(67)50(62-56(69)71-7)38-11-9-8-10-12-38/h8-22,27-28,31-33,43-46,49-50H,23-26,29-30H2,1-7H3,(H,57,59)(H,58,60)(H,61,68)(H,62,69)/t32-,33+,43?,44?,45-,46?,49+,50-/m0/s1. The van der Waals surface area contributed by atoms with Crippen LogP contribution in [0.5, 0.6) is 0 Å². The second kappa shape index (κ2) is 19.5. The van der Waals surface area contributed by atoms with Gasteiger partial charge in [0.1, 0.15) is 23.7 Å². The van der Waals surface area contributed by atoms with Crippen molar-refractivity contribution in [1.82, 2.24) is 45.3 Å². The third-order valence-electron chi connectivity index (χ3n) is 15.3. The maximum absolute atomic E-state index is 14.2. The highest BCUT2D eigenvalue weighted by molar-refractivity contribution is 5.88. The van der Waals surface area contributed by atoms with E-state index in [0.29, 0.717) is 36.6 Å². The number of aromatic nitrogens is 4. The fourth-order valence-electron chi connectivity index (χ4n) is 11.7. The summed E-state index contributed by atoms with van der Waals surface area (Å²) in [4.78, 5) is 75.5. The van der Waals surface area contributed by atoms with Crippen molar-refractivity contribution < 1.29 is 28.7 Å². The summed E-state index contributed by atoms with van der Waals surface area (Å²) in [5, 5.41) is 5.50. The van der Waals surface area contributed by atoms with Gasteiger partial charge in [0.25, 0.3) is 5.91 Å². The molecule has 10 rings (SSSR count). The van der Waals surface area contributed by atoms with Gasteiger partial charge in [-0.1, -0.05) is 119 Å². The molecule has 6 aromatic rings. The number of nitrogens with zero attached hydrogens (tertiary/aromatic N) is 5. The molecule has 15 heteroatoms. The van der Waals surface area contributed by atoms with Gasteiger partial charge in [-0.3, -0.25) is 14.5 Å². The number of aromatic amines is 2. The van der Waals surface area contributed by atoms with Crippen molar-refractivity contribution in [2.75, 3.05) is 34.4 Å². The molecule has 6 heterocycles. The van der Waals surface area contributed by atoms with Crippen LogP contribution in [0.2, 0.25) is 0 Å². The Hall–Kier alpha value is -7.26. The number of nitrogens with one attached hydrogen (secondary N) is 4. The van der Waals surface area contributed by atoms with Crippen LogP contribution in [0.25, 0.3) is 44.8 Å². The SMILES string of the molecule is COC(=O)N[C@H](C(=O)N1C[C@H](C)CC1c1ncc(-c2ccc(-c3ccc(-c4ccc(-c5cnc([C@@H]6C[C@H](C)CN6C(=O)[C@H](NC(=O)OC)C(C)C)[nH]5)cc4)c4c3C3CCC4N3C)cc2)[nH]1)c1ccccc1. The summed E-state index contributed by atoms with van der Waals surface area (Å²) >= 11 is 0. The monoisotopic (exact) mass is 957 g/mol. The molecule has 4 aliphatic heterocycles. The van der Waals surface area contributed by atoms with Gasteiger partial charge < -0.3 is 39.9 Å². The number of likely N-dealkylation sites (tertiary alicyclic amines) is 2.